The first kappa shape index (κ1) is 79.0. The summed E-state index contributed by atoms with van der Waals surface area (Å²) in [5, 5.41) is 33.6. The van der Waals surface area contributed by atoms with E-state index >= 15 is 0 Å². The number of aryl methyl sites for hydroxylation is 4. The summed E-state index contributed by atoms with van der Waals surface area (Å²) >= 11 is 11.9. The Morgan fingerprint density at radius 2 is 0.982 bits per heavy atom. The molecule has 14 rings (SSSR count). The highest BCUT2D eigenvalue weighted by Gasteiger charge is 2.60. The van der Waals surface area contributed by atoms with Crippen molar-refractivity contribution < 1.29 is 99.1 Å². The number of piperazine rings is 2. The Bertz CT molecular complexity index is 4540. The van der Waals surface area contributed by atoms with E-state index in [1.54, 1.807) is 14.2 Å². The van der Waals surface area contributed by atoms with Crippen molar-refractivity contribution in [3.05, 3.63) is 151 Å². The van der Waals surface area contributed by atoms with Crippen molar-refractivity contribution in [1.82, 2.24) is 19.6 Å². The van der Waals surface area contributed by atoms with Gasteiger partial charge < -0.3 is 61.9 Å². The number of halogens is 5. The van der Waals surface area contributed by atoms with Crippen LogP contribution in [0.15, 0.2) is 72.8 Å². The number of ether oxygens (including phenoxy) is 12. The molecule has 8 aliphatic heterocycles. The highest BCUT2D eigenvalue weighted by Crippen LogP contribution is 2.61. The van der Waals surface area contributed by atoms with Crippen molar-refractivity contribution in [2.75, 3.05) is 80.8 Å². The highest BCUT2D eigenvalue weighted by atomic mass is 35.5. The molecule has 0 aliphatic carbocycles. The molecule has 2 unspecified atom stereocenters. The van der Waals surface area contributed by atoms with Crippen molar-refractivity contribution in [2.45, 2.75) is 158 Å². The molecular weight excluding hydrogens is 1460 g/mol. The standard InChI is InChI=1S/C40H44ClN3O9.C38H40ClN3O8.C2HF3O/c1-22-15-25-16-27-29(18-42)44-28(35(43(27)3)33(25)39(36(22)48-5)50-20-47-4)17-26-34(30(44)19-49-31(45)12-11-24-9-7-6-8-10-24)40-38(51-21-52-40)23(2)37(26)53-32(46)13-14-41;1-20-14-23-15-25-27(17-40)42-26(33(41(25)3)31(23)34(45)35(20)46-4)16-24-32(28(42)18-47-29(43)11-10-22-8-6-5-7-9-22)38-37(48-19-49-38)21(2)36(24)50-30(44)12-13-39;3-2(4,5)1-6/h6-10,15,27-30,35H,11-14,16-17,19-21H2,1-5H3;5-9,14,25-28,33,45H,10-13,15-16,18-19H2,1-4H3;1H/t27-,28?,29-,30-,35-;25-,26?,27-,28-,33-;/m00./s1. The third-order valence-electron chi connectivity index (χ3n) is 21.7. The third kappa shape index (κ3) is 15.4. The number of carbonyl (C=O) groups is 5. The third-order valence-corrected chi connectivity index (χ3v) is 22.1. The summed E-state index contributed by atoms with van der Waals surface area (Å²) in [4.78, 5) is 70.2. The van der Waals surface area contributed by atoms with Crippen molar-refractivity contribution >= 4 is 53.4 Å². The fraction of sp³-hybridized carbons (Fsp3) is 0.463. The van der Waals surface area contributed by atoms with Gasteiger partial charge in [-0.3, -0.25) is 43.6 Å². The number of nitriles is 2. The van der Waals surface area contributed by atoms with Crippen LogP contribution in [-0.2, 0) is 76.7 Å². The van der Waals surface area contributed by atoms with E-state index in [1.807, 2.05) is 109 Å². The molecule has 29 heteroatoms. The summed E-state index contributed by atoms with van der Waals surface area (Å²) in [6.45, 7) is 7.32. The lowest BCUT2D eigenvalue weighted by Crippen LogP contribution is -2.68. The molecule has 8 heterocycles. The molecule has 0 saturated carbocycles. The molecular formula is C80H85Cl2F3N6O18. The Balaban J connectivity index is 0.000000189. The van der Waals surface area contributed by atoms with Crippen LogP contribution in [0.1, 0.15) is 128 Å². The Kier molecular flexibility index (Phi) is 24.4. The molecule has 6 aromatic carbocycles. The lowest BCUT2D eigenvalue weighted by molar-refractivity contribution is -0.156. The Morgan fingerprint density at radius 1 is 0.569 bits per heavy atom. The van der Waals surface area contributed by atoms with E-state index in [4.69, 9.17) is 84.8 Å². The number of nitrogens with zero attached hydrogens (tertiary/aromatic N) is 6. The van der Waals surface area contributed by atoms with E-state index in [0.717, 1.165) is 50.1 Å². The number of aromatic hydroxyl groups is 1. The van der Waals surface area contributed by atoms with Gasteiger partial charge in [0.15, 0.2) is 52.8 Å². The van der Waals surface area contributed by atoms with E-state index in [0.29, 0.717) is 118 Å². The highest BCUT2D eigenvalue weighted by molar-refractivity contribution is 6.19. The predicted molar refractivity (Wildman–Crippen MR) is 389 cm³/mol. The number of hydrogen-bond donors (Lipinski definition) is 1. The minimum absolute atomic E-state index is 0.00611. The molecule has 578 valence electrons. The van der Waals surface area contributed by atoms with Crippen molar-refractivity contribution in [3.8, 4) is 69.6 Å². The zero-order valence-corrected chi connectivity index (χ0v) is 63.3. The number of rotatable bonds is 21. The molecule has 0 spiro atoms. The van der Waals surface area contributed by atoms with E-state index in [2.05, 4.69) is 37.8 Å². The van der Waals surface area contributed by atoms with Crippen LogP contribution in [-0.4, -0.2) is 178 Å². The first-order chi connectivity index (χ1) is 52.4. The van der Waals surface area contributed by atoms with Crippen molar-refractivity contribution in [1.29, 1.82) is 10.5 Å². The summed E-state index contributed by atoms with van der Waals surface area (Å²) in [5.41, 5.74) is 11.5. The number of esters is 4. The van der Waals surface area contributed by atoms with Crippen LogP contribution in [0.3, 0.4) is 0 Å². The zero-order chi connectivity index (χ0) is 77.9. The summed E-state index contributed by atoms with van der Waals surface area (Å²) in [6, 6.07) is 24.4. The second-order valence-corrected chi connectivity index (χ2v) is 28.6. The molecule has 2 fully saturated rings. The molecule has 24 nitrogen and oxygen atoms in total. The molecule has 4 bridgehead atoms. The number of methoxy groups -OCH3 is 3. The van der Waals surface area contributed by atoms with Gasteiger partial charge in [-0.25, -0.2) is 0 Å². The number of benzene rings is 6. The smallest absolute Gasteiger partial charge is 0.446 e. The van der Waals surface area contributed by atoms with Gasteiger partial charge in [0, 0.05) is 100 Å². The van der Waals surface area contributed by atoms with Crippen LogP contribution in [0.5, 0.6) is 57.5 Å². The zero-order valence-electron chi connectivity index (χ0n) is 61.8. The topological polar surface area (TPSA) is 277 Å². The molecule has 10 atom stereocenters. The fourth-order valence-electron chi connectivity index (χ4n) is 17.3. The molecule has 8 aliphatic rings. The molecule has 0 radical (unpaired) electrons. The number of phenolic OH excluding ortho intramolecular Hbond substituents is 1. The van der Waals surface area contributed by atoms with Crippen LogP contribution in [0.4, 0.5) is 13.2 Å². The largest absolute Gasteiger partial charge is 0.504 e. The van der Waals surface area contributed by atoms with Crippen LogP contribution >= 0.6 is 23.2 Å². The first-order valence-corrected chi connectivity index (χ1v) is 36.9. The lowest BCUT2D eigenvalue weighted by Gasteiger charge is -2.59. The van der Waals surface area contributed by atoms with Gasteiger partial charge in [0.05, 0.1) is 63.4 Å². The number of likely N-dealkylation sites (N-methyl/N-ethyl adjacent to an activating group) is 2. The van der Waals surface area contributed by atoms with Gasteiger partial charge in [0.1, 0.15) is 36.8 Å². The quantitative estimate of drug-likeness (QED) is 0.0230. The maximum absolute atomic E-state index is 13.4. The Hall–Kier alpha value is -9.58. The summed E-state index contributed by atoms with van der Waals surface area (Å²) in [5.74, 6) is 2.75. The van der Waals surface area contributed by atoms with Crippen LogP contribution in [0.25, 0.3) is 0 Å². The van der Waals surface area contributed by atoms with Crippen LogP contribution in [0, 0.1) is 50.4 Å². The summed E-state index contributed by atoms with van der Waals surface area (Å²) in [6.07, 6.45) is -2.48. The van der Waals surface area contributed by atoms with Gasteiger partial charge in [-0.1, -0.05) is 72.8 Å². The molecule has 6 aromatic rings. The number of alkyl halides is 5. The predicted octanol–water partition coefficient (Wildman–Crippen LogP) is 11.5. The van der Waals surface area contributed by atoms with E-state index < -0.39 is 54.6 Å². The fourth-order valence-corrected chi connectivity index (χ4v) is 17.6. The lowest BCUT2D eigenvalue weighted by atomic mass is 9.71. The monoisotopic (exact) mass is 1540 g/mol. The van der Waals surface area contributed by atoms with E-state index in [-0.39, 0.29) is 119 Å². The maximum Gasteiger partial charge on any atom is 0.446 e. The van der Waals surface area contributed by atoms with Gasteiger partial charge in [-0.2, -0.15) is 23.7 Å². The van der Waals surface area contributed by atoms with Crippen molar-refractivity contribution in [2.24, 2.45) is 0 Å². The molecule has 0 amide bonds. The minimum atomic E-state index is -4.64. The summed E-state index contributed by atoms with van der Waals surface area (Å²) in [7, 11) is 8.74. The normalized spacial score (nSPS) is 22.2. The van der Waals surface area contributed by atoms with Crippen molar-refractivity contribution in [3.63, 3.8) is 0 Å². The average Bonchev–Trinajstić information content (AvgIpc) is 1.49. The van der Waals surface area contributed by atoms with Gasteiger partial charge in [0.2, 0.25) is 19.9 Å². The van der Waals surface area contributed by atoms with Crippen LogP contribution in [0.2, 0.25) is 0 Å². The van der Waals surface area contributed by atoms with Gasteiger partial charge in [0.25, 0.3) is 0 Å². The molecule has 0 aromatic heterocycles. The second kappa shape index (κ2) is 33.7. The average molecular weight is 1550 g/mol. The van der Waals surface area contributed by atoms with E-state index in [9.17, 15) is 48.0 Å². The Morgan fingerprint density at radius 3 is 1.39 bits per heavy atom. The maximum atomic E-state index is 13.4. The molecule has 109 heavy (non-hydrogen) atoms. The van der Waals surface area contributed by atoms with Crippen LogP contribution < -0.4 is 42.6 Å². The second-order valence-electron chi connectivity index (χ2n) is 27.9. The molecule has 2 saturated heterocycles. The van der Waals surface area contributed by atoms with Gasteiger partial charge in [-0.05, 0) is 114 Å². The van der Waals surface area contributed by atoms with Gasteiger partial charge in [-0.15, -0.1) is 23.2 Å². The Labute approximate surface area is 639 Å². The first-order valence-electron chi connectivity index (χ1n) is 35.8. The summed E-state index contributed by atoms with van der Waals surface area (Å²) < 4.78 is 103. The SMILES string of the molecule is COCOc1c(OC)c(C)cc2c1[C@@H]1C3Cc4c(OC(=O)CCCl)c(C)c5c(c4[C@H](COC(=O)CCc4ccccc4)N3[C@@H](C#N)[C@H](C2)N1C)OCO5.COc1c(C)cc2c(c1O)[C@@H]1C3Cc4c(OC(=O)CCCl)c(C)c5c(c4[C@H](COC(=O)CCc4ccccc4)N3[C@@H](C#N)[C@H](C2)N1C)OCO5.O=CC(F)(F)F. The minimum Gasteiger partial charge on any atom is -0.504 e. The number of phenols is 1. The number of carbonyl (C=O) groups excluding carboxylic acids is 5. The number of fused-ring (bicyclic) bond motifs is 18. The number of aldehydes is 1. The van der Waals surface area contributed by atoms with Gasteiger partial charge >= 0.3 is 30.1 Å². The molecule has 1 N–H and O–H groups in total. The number of hydrogen-bond acceptors (Lipinski definition) is 24. The van der Waals surface area contributed by atoms with E-state index in [1.165, 1.54) is 7.11 Å².